The van der Waals surface area contributed by atoms with Crippen molar-refractivity contribution >= 4 is 17.7 Å². The molecule has 0 unspecified atom stereocenters. The first-order valence-corrected chi connectivity index (χ1v) is 8.09. The van der Waals surface area contributed by atoms with Gasteiger partial charge in [0.2, 0.25) is 5.91 Å². The summed E-state index contributed by atoms with van der Waals surface area (Å²) in [5, 5.41) is 2.73. The molecule has 128 valence electrons. The van der Waals surface area contributed by atoms with Gasteiger partial charge in [0.15, 0.2) is 0 Å². The summed E-state index contributed by atoms with van der Waals surface area (Å²) in [5.74, 6) is -0.682. The molecular weight excluding hydrogens is 342 g/mol. The quantitative estimate of drug-likeness (QED) is 0.614. The minimum atomic E-state index is -4.41. The van der Waals surface area contributed by atoms with Crippen LogP contribution in [0.15, 0.2) is 53.4 Å². The number of rotatable bonds is 5. The minimum Gasteiger partial charge on any atom is -0.349 e. The lowest BCUT2D eigenvalue weighted by atomic mass is 10.1. The first kappa shape index (κ1) is 18.3. The smallest absolute Gasteiger partial charge is 0.349 e. The van der Waals surface area contributed by atoms with Gasteiger partial charge in [0.1, 0.15) is 5.82 Å². The van der Waals surface area contributed by atoms with Gasteiger partial charge in [-0.3, -0.25) is 4.79 Å². The van der Waals surface area contributed by atoms with Gasteiger partial charge in [0, 0.05) is 4.90 Å². The molecule has 0 radical (unpaired) electrons. The summed E-state index contributed by atoms with van der Waals surface area (Å²) in [6.07, 6.45) is -4.41. The number of halogens is 4. The normalized spacial score (nSPS) is 12.7. The maximum absolute atomic E-state index is 12.9. The van der Waals surface area contributed by atoms with Crippen LogP contribution in [-0.4, -0.2) is 11.7 Å². The van der Waals surface area contributed by atoms with Crippen molar-refractivity contribution in [1.82, 2.24) is 5.32 Å². The number of thioether (sulfide) groups is 1. The molecule has 0 bridgehead atoms. The van der Waals surface area contributed by atoms with Gasteiger partial charge >= 0.3 is 6.18 Å². The number of alkyl halides is 3. The summed E-state index contributed by atoms with van der Waals surface area (Å²) in [7, 11) is 0. The van der Waals surface area contributed by atoms with Crippen molar-refractivity contribution < 1.29 is 22.4 Å². The van der Waals surface area contributed by atoms with Crippen LogP contribution in [0.3, 0.4) is 0 Å². The van der Waals surface area contributed by atoms with Crippen LogP contribution in [0.25, 0.3) is 0 Å². The summed E-state index contributed by atoms with van der Waals surface area (Å²) >= 11 is 1.03. The van der Waals surface area contributed by atoms with Crippen LogP contribution in [0.4, 0.5) is 17.6 Å². The second-order valence-corrected chi connectivity index (χ2v) is 6.20. The summed E-state index contributed by atoms with van der Waals surface area (Å²) in [6, 6.07) is 10.3. The Hall–Kier alpha value is -2.02. The van der Waals surface area contributed by atoms with Gasteiger partial charge in [-0.15, -0.1) is 11.8 Å². The fraction of sp³-hybridized carbons (Fsp3) is 0.235. The largest absolute Gasteiger partial charge is 0.416 e. The maximum atomic E-state index is 12.9. The first-order valence-electron chi connectivity index (χ1n) is 7.10. The Kier molecular flexibility index (Phi) is 5.88. The van der Waals surface area contributed by atoms with Crippen molar-refractivity contribution in [3.05, 3.63) is 65.5 Å². The number of hydrogen-bond donors (Lipinski definition) is 1. The number of carbonyl (C=O) groups is 1. The third kappa shape index (κ3) is 5.26. The summed E-state index contributed by atoms with van der Waals surface area (Å²) in [5.41, 5.74) is 0.00130. The van der Waals surface area contributed by atoms with E-state index in [0.29, 0.717) is 4.90 Å². The van der Waals surface area contributed by atoms with Crippen LogP contribution in [0.5, 0.6) is 0 Å². The Morgan fingerprint density at radius 3 is 2.46 bits per heavy atom. The SMILES string of the molecule is C[C@H](NC(=O)CSc1cccc(C(F)(F)F)c1)c1ccc(F)cc1. The van der Waals surface area contributed by atoms with Crippen molar-refractivity contribution in [3.63, 3.8) is 0 Å². The molecule has 1 atom stereocenters. The van der Waals surface area contributed by atoms with Gasteiger partial charge in [-0.05, 0) is 42.8 Å². The summed E-state index contributed by atoms with van der Waals surface area (Å²) < 4.78 is 50.8. The third-order valence-electron chi connectivity index (χ3n) is 3.28. The lowest BCUT2D eigenvalue weighted by Crippen LogP contribution is -2.28. The van der Waals surface area contributed by atoms with E-state index < -0.39 is 11.7 Å². The highest BCUT2D eigenvalue weighted by molar-refractivity contribution is 8.00. The third-order valence-corrected chi connectivity index (χ3v) is 4.27. The van der Waals surface area contributed by atoms with Gasteiger partial charge in [-0.2, -0.15) is 13.2 Å². The van der Waals surface area contributed by atoms with Crippen LogP contribution < -0.4 is 5.32 Å². The monoisotopic (exact) mass is 357 g/mol. The highest BCUT2D eigenvalue weighted by Crippen LogP contribution is 2.31. The minimum absolute atomic E-state index is 0.00710. The fourth-order valence-electron chi connectivity index (χ4n) is 2.03. The van der Waals surface area contributed by atoms with E-state index >= 15 is 0 Å². The van der Waals surface area contributed by atoms with E-state index in [4.69, 9.17) is 0 Å². The molecule has 2 aromatic rings. The molecule has 0 aliphatic carbocycles. The molecule has 1 N–H and O–H groups in total. The average molecular weight is 357 g/mol. The molecule has 0 aromatic heterocycles. The molecule has 2 nitrogen and oxygen atoms in total. The number of nitrogens with one attached hydrogen (secondary N) is 1. The van der Waals surface area contributed by atoms with Crippen molar-refractivity contribution in [2.75, 3.05) is 5.75 Å². The number of carbonyl (C=O) groups excluding carboxylic acids is 1. The predicted molar refractivity (Wildman–Crippen MR) is 85.1 cm³/mol. The molecule has 0 saturated heterocycles. The zero-order valence-electron chi connectivity index (χ0n) is 12.7. The second-order valence-electron chi connectivity index (χ2n) is 5.16. The van der Waals surface area contributed by atoms with Crippen LogP contribution in [0, 0.1) is 5.82 Å². The van der Waals surface area contributed by atoms with E-state index in [9.17, 15) is 22.4 Å². The van der Waals surface area contributed by atoms with Gasteiger partial charge in [-0.1, -0.05) is 18.2 Å². The van der Waals surface area contributed by atoms with E-state index in [0.717, 1.165) is 29.5 Å². The Balaban J connectivity index is 1.90. The van der Waals surface area contributed by atoms with E-state index in [2.05, 4.69) is 5.32 Å². The van der Waals surface area contributed by atoms with Crippen molar-refractivity contribution in [1.29, 1.82) is 0 Å². The lowest BCUT2D eigenvalue weighted by molar-refractivity contribution is -0.137. The van der Waals surface area contributed by atoms with Gasteiger partial charge in [0.25, 0.3) is 0 Å². The van der Waals surface area contributed by atoms with E-state index in [1.807, 2.05) is 0 Å². The van der Waals surface area contributed by atoms with Crippen molar-refractivity contribution in [2.24, 2.45) is 0 Å². The fourth-order valence-corrected chi connectivity index (χ4v) is 2.80. The van der Waals surface area contributed by atoms with Gasteiger partial charge in [0.05, 0.1) is 17.4 Å². The molecule has 0 aliphatic heterocycles. The highest BCUT2D eigenvalue weighted by Gasteiger charge is 2.30. The Morgan fingerprint density at radius 2 is 1.83 bits per heavy atom. The van der Waals surface area contributed by atoms with Crippen LogP contribution >= 0.6 is 11.8 Å². The highest BCUT2D eigenvalue weighted by atomic mass is 32.2. The van der Waals surface area contributed by atoms with Crippen LogP contribution in [0.2, 0.25) is 0 Å². The molecule has 7 heteroatoms. The van der Waals surface area contributed by atoms with Crippen LogP contribution in [0.1, 0.15) is 24.1 Å². The molecule has 2 aromatic carbocycles. The predicted octanol–water partition coefficient (Wildman–Crippen LogP) is 4.81. The molecule has 0 fully saturated rings. The number of hydrogen-bond acceptors (Lipinski definition) is 2. The van der Waals surface area contributed by atoms with E-state index in [1.54, 1.807) is 19.1 Å². The average Bonchev–Trinajstić information content (AvgIpc) is 2.53. The molecular formula is C17H15F4NOS. The van der Waals surface area contributed by atoms with E-state index in [1.165, 1.54) is 24.3 Å². The first-order chi connectivity index (χ1) is 11.3. The standard InChI is InChI=1S/C17H15F4NOS/c1-11(12-5-7-14(18)8-6-12)22-16(23)10-24-15-4-2-3-13(9-15)17(19,20)21/h2-9,11H,10H2,1H3,(H,22,23)/t11-/m0/s1. The topological polar surface area (TPSA) is 29.1 Å². The molecule has 0 saturated carbocycles. The zero-order chi connectivity index (χ0) is 17.7. The number of amides is 1. The molecule has 2 rings (SSSR count). The van der Waals surface area contributed by atoms with Crippen LogP contribution in [-0.2, 0) is 11.0 Å². The Morgan fingerprint density at radius 1 is 1.17 bits per heavy atom. The molecule has 0 aliphatic rings. The van der Waals surface area contributed by atoms with Gasteiger partial charge < -0.3 is 5.32 Å². The summed E-state index contributed by atoms with van der Waals surface area (Å²) in [4.78, 5) is 12.3. The molecule has 0 heterocycles. The molecule has 24 heavy (non-hydrogen) atoms. The lowest BCUT2D eigenvalue weighted by Gasteiger charge is -2.14. The summed E-state index contributed by atoms with van der Waals surface area (Å²) in [6.45, 7) is 1.75. The maximum Gasteiger partial charge on any atom is 0.416 e. The molecule has 0 spiro atoms. The second kappa shape index (κ2) is 7.70. The van der Waals surface area contributed by atoms with Gasteiger partial charge in [-0.25, -0.2) is 4.39 Å². The zero-order valence-corrected chi connectivity index (χ0v) is 13.5. The van der Waals surface area contributed by atoms with Crippen molar-refractivity contribution in [3.8, 4) is 0 Å². The Bertz CT molecular complexity index is 700. The Labute approximate surface area is 141 Å². The van der Waals surface area contributed by atoms with Crippen molar-refractivity contribution in [2.45, 2.75) is 24.0 Å². The number of benzene rings is 2. The molecule has 1 amide bonds. The van der Waals surface area contributed by atoms with E-state index in [-0.39, 0.29) is 23.5 Å².